The van der Waals surface area contributed by atoms with E-state index in [4.69, 9.17) is 21.1 Å². The van der Waals surface area contributed by atoms with Gasteiger partial charge in [0.05, 0.1) is 5.88 Å². The quantitative estimate of drug-likeness (QED) is 0.662. The summed E-state index contributed by atoms with van der Waals surface area (Å²) in [5, 5.41) is 0. The lowest BCUT2D eigenvalue weighted by molar-refractivity contribution is 0.00573. The summed E-state index contributed by atoms with van der Waals surface area (Å²) >= 11 is 5.71. The van der Waals surface area contributed by atoms with Crippen molar-refractivity contribution in [2.24, 2.45) is 0 Å². The molecular weight excluding hydrogens is 332 g/mol. The number of carbonyl (C=O) groups excluding carboxylic acids is 1. The molecule has 0 fully saturated rings. The van der Waals surface area contributed by atoms with Crippen LogP contribution in [0.1, 0.15) is 42.6 Å². The molecule has 0 atom stereocenters. The fraction of sp³-hybridized carbons (Fsp3) is 0.353. The molecule has 0 aliphatic rings. The number of aromatic amines is 1. The molecule has 0 saturated carbocycles. The lowest BCUT2D eigenvalue weighted by atomic mass is 10.2. The number of hydrogen-bond donors (Lipinski definition) is 1. The average Bonchev–Trinajstić information content (AvgIpc) is 2.52. The van der Waals surface area contributed by atoms with Crippen LogP contribution in [0.3, 0.4) is 0 Å². The van der Waals surface area contributed by atoms with Gasteiger partial charge in [-0.15, -0.1) is 11.6 Å². The molecule has 1 N–H and O–H groups in total. The van der Waals surface area contributed by atoms with E-state index in [1.165, 1.54) is 0 Å². The van der Waals surface area contributed by atoms with E-state index >= 15 is 0 Å². The van der Waals surface area contributed by atoms with Gasteiger partial charge in [-0.25, -0.2) is 9.78 Å². The summed E-state index contributed by atoms with van der Waals surface area (Å²) in [6.45, 7) is 5.31. The largest absolute Gasteiger partial charge is 0.481 e. The molecule has 2 aromatic rings. The Labute approximate surface area is 144 Å². The molecule has 0 unspecified atom stereocenters. The monoisotopic (exact) mass is 350 g/mol. The molecule has 7 heteroatoms. The fourth-order valence-corrected chi connectivity index (χ4v) is 2.03. The van der Waals surface area contributed by atoms with Crippen molar-refractivity contribution in [2.75, 3.05) is 0 Å². The van der Waals surface area contributed by atoms with Crippen LogP contribution < -0.4 is 10.3 Å². The summed E-state index contributed by atoms with van der Waals surface area (Å²) in [4.78, 5) is 31.1. The number of esters is 1. The van der Waals surface area contributed by atoms with Gasteiger partial charge in [0, 0.05) is 0 Å². The number of rotatable bonds is 5. The normalized spacial score (nSPS) is 11.2. The molecule has 1 aromatic carbocycles. The molecule has 0 spiro atoms. The number of carbonyl (C=O) groups is 1. The molecule has 2 rings (SSSR count). The second kappa shape index (κ2) is 7.49. The number of hydrogen-bond acceptors (Lipinski definition) is 5. The van der Waals surface area contributed by atoms with Crippen molar-refractivity contribution < 1.29 is 14.3 Å². The van der Waals surface area contributed by atoms with Crippen molar-refractivity contribution in [1.29, 1.82) is 0 Å². The summed E-state index contributed by atoms with van der Waals surface area (Å²) in [6, 6.07) is 9.28. The summed E-state index contributed by atoms with van der Waals surface area (Å²) < 4.78 is 10.8. The lowest BCUT2D eigenvalue weighted by Gasteiger charge is -2.20. The van der Waals surface area contributed by atoms with Crippen LogP contribution in [0.4, 0.5) is 0 Å². The highest BCUT2D eigenvalue weighted by Crippen LogP contribution is 2.18. The van der Waals surface area contributed by atoms with E-state index in [9.17, 15) is 9.59 Å². The van der Waals surface area contributed by atoms with Crippen LogP contribution in [0.5, 0.6) is 5.75 Å². The van der Waals surface area contributed by atoms with Crippen LogP contribution in [0.2, 0.25) is 0 Å². The van der Waals surface area contributed by atoms with Gasteiger partial charge in [0.1, 0.15) is 18.0 Å². The Bertz CT molecular complexity index is 766. The van der Waals surface area contributed by atoms with Crippen molar-refractivity contribution in [3.05, 3.63) is 57.8 Å². The van der Waals surface area contributed by atoms with E-state index in [0.717, 1.165) is 5.56 Å². The molecule has 24 heavy (non-hydrogen) atoms. The number of halogens is 1. The number of nitrogens with zero attached hydrogens (tertiary/aromatic N) is 1. The summed E-state index contributed by atoms with van der Waals surface area (Å²) in [6.07, 6.45) is 0. The van der Waals surface area contributed by atoms with Crippen LogP contribution in [0.15, 0.2) is 35.1 Å². The zero-order chi connectivity index (χ0) is 17.7. The minimum Gasteiger partial charge on any atom is -0.481 e. The van der Waals surface area contributed by atoms with Gasteiger partial charge in [-0.1, -0.05) is 30.3 Å². The molecular formula is C17H19ClN2O4. The van der Waals surface area contributed by atoms with E-state index in [-0.39, 0.29) is 29.8 Å². The highest BCUT2D eigenvalue weighted by atomic mass is 35.5. The van der Waals surface area contributed by atoms with Crippen molar-refractivity contribution in [2.45, 2.75) is 38.9 Å². The summed E-state index contributed by atoms with van der Waals surface area (Å²) in [7, 11) is 0. The molecule has 6 nitrogen and oxygen atoms in total. The van der Waals surface area contributed by atoms with Crippen LogP contribution >= 0.6 is 11.6 Å². The smallest absolute Gasteiger partial charge is 0.361 e. The number of ether oxygens (including phenoxy) is 2. The highest BCUT2D eigenvalue weighted by molar-refractivity contribution is 6.16. The second-order valence-corrected chi connectivity index (χ2v) is 6.37. The van der Waals surface area contributed by atoms with E-state index in [0.29, 0.717) is 0 Å². The summed E-state index contributed by atoms with van der Waals surface area (Å²) in [5.74, 6) is -0.774. The van der Waals surface area contributed by atoms with E-state index < -0.39 is 17.1 Å². The first-order chi connectivity index (χ1) is 11.3. The minimum absolute atomic E-state index is 0.0377. The van der Waals surface area contributed by atoms with Crippen LogP contribution in [0.25, 0.3) is 0 Å². The number of benzene rings is 1. The molecule has 0 aliphatic heterocycles. The van der Waals surface area contributed by atoms with Crippen molar-refractivity contribution in [3.63, 3.8) is 0 Å². The third-order valence-corrected chi connectivity index (χ3v) is 3.12. The Hall–Kier alpha value is -2.34. The predicted molar refractivity (Wildman–Crippen MR) is 90.4 cm³/mol. The summed E-state index contributed by atoms with van der Waals surface area (Å²) in [5.41, 5.74) is -0.620. The molecule has 128 valence electrons. The van der Waals surface area contributed by atoms with Crippen LogP contribution in [-0.4, -0.2) is 21.5 Å². The number of H-pyrrole nitrogens is 1. The molecule has 0 saturated heterocycles. The van der Waals surface area contributed by atoms with Gasteiger partial charge in [0.2, 0.25) is 5.75 Å². The van der Waals surface area contributed by atoms with Crippen molar-refractivity contribution >= 4 is 17.6 Å². The fourth-order valence-electron chi connectivity index (χ4n) is 1.90. The number of aromatic nitrogens is 2. The molecule has 0 aliphatic carbocycles. The lowest BCUT2D eigenvalue weighted by Crippen LogP contribution is -2.27. The Morgan fingerprint density at radius 3 is 2.50 bits per heavy atom. The van der Waals surface area contributed by atoms with Gasteiger partial charge < -0.3 is 14.5 Å². The zero-order valence-electron chi connectivity index (χ0n) is 13.8. The molecule has 0 radical (unpaired) electrons. The van der Waals surface area contributed by atoms with Crippen LogP contribution in [0, 0.1) is 0 Å². The van der Waals surface area contributed by atoms with Crippen LogP contribution in [-0.2, 0) is 17.2 Å². The van der Waals surface area contributed by atoms with Gasteiger partial charge in [0.25, 0.3) is 5.56 Å². The minimum atomic E-state index is -0.733. The topological polar surface area (TPSA) is 81.3 Å². The average molecular weight is 351 g/mol. The van der Waals surface area contributed by atoms with Gasteiger partial charge in [0.15, 0.2) is 5.69 Å². The highest BCUT2D eigenvalue weighted by Gasteiger charge is 2.25. The van der Waals surface area contributed by atoms with Crippen molar-refractivity contribution in [1.82, 2.24) is 9.97 Å². The van der Waals surface area contributed by atoms with Gasteiger partial charge in [-0.3, -0.25) is 4.79 Å². The molecule has 0 bridgehead atoms. The Morgan fingerprint density at radius 1 is 1.25 bits per heavy atom. The first kappa shape index (κ1) is 18.0. The molecule has 0 amide bonds. The van der Waals surface area contributed by atoms with Gasteiger partial charge in [-0.05, 0) is 26.3 Å². The van der Waals surface area contributed by atoms with E-state index in [1.807, 2.05) is 30.3 Å². The van der Waals surface area contributed by atoms with Crippen molar-refractivity contribution in [3.8, 4) is 5.75 Å². The molecule has 1 heterocycles. The van der Waals surface area contributed by atoms with E-state index in [1.54, 1.807) is 20.8 Å². The maximum absolute atomic E-state index is 12.4. The predicted octanol–water partition coefficient (Wildman–Crippen LogP) is 3.04. The Balaban J connectivity index is 2.34. The maximum atomic E-state index is 12.4. The molecule has 1 aromatic heterocycles. The standard InChI is InChI=1S/C17H19ClN2O4/c1-17(2,3)24-16(22)13-14(15(21)20-12(9-18)19-13)23-10-11-7-5-4-6-8-11/h4-8H,9-10H2,1-3H3,(H,19,20,21). The first-order valence-electron chi connectivity index (χ1n) is 7.39. The SMILES string of the molecule is CC(C)(C)OC(=O)c1nc(CCl)[nH]c(=O)c1OCc1ccccc1. The maximum Gasteiger partial charge on any atom is 0.361 e. The zero-order valence-corrected chi connectivity index (χ0v) is 14.5. The van der Waals surface area contributed by atoms with Gasteiger partial charge >= 0.3 is 5.97 Å². The number of nitrogens with one attached hydrogen (secondary N) is 1. The third-order valence-electron chi connectivity index (χ3n) is 2.87. The Kier molecular flexibility index (Phi) is 5.62. The van der Waals surface area contributed by atoms with Gasteiger partial charge in [-0.2, -0.15) is 0 Å². The van der Waals surface area contributed by atoms with E-state index in [2.05, 4.69) is 9.97 Å². The third kappa shape index (κ3) is 4.83. The first-order valence-corrected chi connectivity index (χ1v) is 7.93. The second-order valence-electron chi connectivity index (χ2n) is 6.10. The number of alkyl halides is 1. The Morgan fingerprint density at radius 2 is 1.92 bits per heavy atom.